The molecule has 2 N–H and O–H groups in total. The molecular formula is C19H27F4IN4. The number of benzene rings is 1. The molecule has 1 unspecified atom stereocenters. The number of rotatable bonds is 4. The van der Waals surface area contributed by atoms with Crippen LogP contribution in [0.4, 0.5) is 17.6 Å². The average Bonchev–Trinajstić information content (AvgIpc) is 3.30. The number of likely N-dealkylation sites (tertiary alicyclic amines) is 1. The average molecular weight is 514 g/mol. The molecule has 0 amide bonds. The Balaban J connectivity index is 0.00000280. The van der Waals surface area contributed by atoms with Crippen molar-refractivity contribution in [1.82, 2.24) is 15.5 Å². The minimum absolute atomic E-state index is 0. The Bertz CT molecular complexity index is 674. The van der Waals surface area contributed by atoms with Crippen LogP contribution in [-0.4, -0.2) is 43.1 Å². The van der Waals surface area contributed by atoms with Crippen LogP contribution in [-0.2, 0) is 12.7 Å². The van der Waals surface area contributed by atoms with E-state index in [0.717, 1.165) is 31.6 Å². The van der Waals surface area contributed by atoms with Crippen LogP contribution >= 0.6 is 24.0 Å². The van der Waals surface area contributed by atoms with Gasteiger partial charge >= 0.3 is 6.18 Å². The first-order chi connectivity index (χ1) is 12.9. The van der Waals surface area contributed by atoms with Crippen LogP contribution < -0.4 is 10.6 Å². The van der Waals surface area contributed by atoms with E-state index in [9.17, 15) is 17.6 Å². The highest BCUT2D eigenvalue weighted by atomic mass is 127. The molecule has 2 fully saturated rings. The molecular weight excluding hydrogens is 487 g/mol. The fourth-order valence-electron chi connectivity index (χ4n) is 4.04. The third kappa shape index (κ3) is 5.95. The molecule has 1 aromatic carbocycles. The molecule has 158 valence electrons. The van der Waals surface area contributed by atoms with Gasteiger partial charge in [0.25, 0.3) is 0 Å². The second-order valence-corrected chi connectivity index (χ2v) is 7.29. The van der Waals surface area contributed by atoms with Gasteiger partial charge in [0.1, 0.15) is 5.82 Å². The Morgan fingerprint density at radius 1 is 1.21 bits per heavy atom. The van der Waals surface area contributed by atoms with E-state index in [4.69, 9.17) is 0 Å². The fourth-order valence-corrected chi connectivity index (χ4v) is 4.04. The Labute approximate surface area is 180 Å². The maximum atomic E-state index is 13.2. The molecule has 3 rings (SSSR count). The zero-order valence-electron chi connectivity index (χ0n) is 15.9. The molecule has 0 spiro atoms. The lowest BCUT2D eigenvalue weighted by atomic mass is 10.1. The number of halogens is 5. The largest absolute Gasteiger partial charge is 0.416 e. The van der Waals surface area contributed by atoms with Crippen molar-refractivity contribution in [3.63, 3.8) is 0 Å². The van der Waals surface area contributed by atoms with E-state index in [1.165, 1.54) is 25.7 Å². The Morgan fingerprint density at radius 2 is 1.93 bits per heavy atom. The van der Waals surface area contributed by atoms with E-state index in [1.54, 1.807) is 7.05 Å². The van der Waals surface area contributed by atoms with Crippen molar-refractivity contribution in [2.24, 2.45) is 4.99 Å². The summed E-state index contributed by atoms with van der Waals surface area (Å²) in [6, 6.07) is 3.63. The number of aliphatic imine (C=N–C) groups is 1. The van der Waals surface area contributed by atoms with E-state index in [-0.39, 0.29) is 42.1 Å². The molecule has 1 heterocycles. The molecule has 1 aliphatic heterocycles. The number of nitrogens with zero attached hydrogens (tertiary/aromatic N) is 2. The van der Waals surface area contributed by atoms with Gasteiger partial charge in [-0.1, -0.05) is 18.9 Å². The van der Waals surface area contributed by atoms with Gasteiger partial charge < -0.3 is 10.6 Å². The maximum absolute atomic E-state index is 13.2. The molecule has 0 bridgehead atoms. The summed E-state index contributed by atoms with van der Waals surface area (Å²) in [7, 11) is 1.59. The highest BCUT2D eigenvalue weighted by Gasteiger charge is 2.34. The first-order valence-electron chi connectivity index (χ1n) is 9.43. The second kappa shape index (κ2) is 10.1. The summed E-state index contributed by atoms with van der Waals surface area (Å²) < 4.78 is 52.5. The van der Waals surface area contributed by atoms with Crippen LogP contribution in [0.3, 0.4) is 0 Å². The molecule has 2 aliphatic rings. The number of guanidine groups is 1. The quantitative estimate of drug-likeness (QED) is 0.275. The van der Waals surface area contributed by atoms with Crippen LogP contribution in [0.25, 0.3) is 0 Å². The first-order valence-corrected chi connectivity index (χ1v) is 9.43. The van der Waals surface area contributed by atoms with Crippen molar-refractivity contribution in [3.8, 4) is 0 Å². The molecule has 1 saturated carbocycles. The molecule has 1 atom stereocenters. The molecule has 9 heteroatoms. The van der Waals surface area contributed by atoms with Crippen LogP contribution in [0.5, 0.6) is 0 Å². The second-order valence-electron chi connectivity index (χ2n) is 7.29. The maximum Gasteiger partial charge on any atom is 0.416 e. The third-order valence-electron chi connectivity index (χ3n) is 5.45. The van der Waals surface area contributed by atoms with Crippen LogP contribution in [0, 0.1) is 5.82 Å². The van der Waals surface area contributed by atoms with Crippen molar-refractivity contribution < 1.29 is 17.6 Å². The SMILES string of the molecule is CN=C(NCc1ccc(F)cc1C(F)(F)F)NC1CCN(C2CCCC2)C1.I. The smallest absolute Gasteiger partial charge is 0.352 e. The van der Waals surface area contributed by atoms with Gasteiger partial charge in [-0.25, -0.2) is 4.39 Å². The fraction of sp³-hybridized carbons (Fsp3) is 0.632. The minimum atomic E-state index is -4.59. The summed E-state index contributed by atoms with van der Waals surface area (Å²) in [6.07, 6.45) is 1.49. The number of alkyl halides is 3. The highest BCUT2D eigenvalue weighted by Crippen LogP contribution is 2.32. The van der Waals surface area contributed by atoms with Gasteiger partial charge in [-0.05, 0) is 37.0 Å². The Kier molecular flexibility index (Phi) is 8.35. The van der Waals surface area contributed by atoms with E-state index < -0.39 is 17.6 Å². The number of hydrogen-bond acceptors (Lipinski definition) is 2. The van der Waals surface area contributed by atoms with Crippen LogP contribution in [0.2, 0.25) is 0 Å². The van der Waals surface area contributed by atoms with Gasteiger partial charge in [-0.15, -0.1) is 24.0 Å². The Hall–Kier alpha value is -1.10. The van der Waals surface area contributed by atoms with Crippen molar-refractivity contribution in [2.45, 2.75) is 56.9 Å². The number of hydrogen-bond donors (Lipinski definition) is 2. The van der Waals surface area contributed by atoms with Gasteiger partial charge in [-0.3, -0.25) is 9.89 Å². The molecule has 1 aromatic rings. The highest BCUT2D eigenvalue weighted by molar-refractivity contribution is 14.0. The number of nitrogens with one attached hydrogen (secondary N) is 2. The van der Waals surface area contributed by atoms with Gasteiger partial charge in [0, 0.05) is 38.8 Å². The first kappa shape index (κ1) is 23.2. The van der Waals surface area contributed by atoms with Crippen LogP contribution in [0.1, 0.15) is 43.2 Å². The summed E-state index contributed by atoms with van der Waals surface area (Å²) in [5.41, 5.74) is -0.968. The van der Waals surface area contributed by atoms with Gasteiger partial charge in [0.15, 0.2) is 5.96 Å². The summed E-state index contributed by atoms with van der Waals surface area (Å²) >= 11 is 0. The standard InChI is InChI=1S/C19H26F4N4.HI/c1-24-18(26-15-8-9-27(12-15)16-4-2-3-5-16)25-11-13-6-7-14(20)10-17(13)19(21,22)23;/h6-7,10,15-16H,2-5,8-9,11-12H2,1H3,(H2,24,25,26);1H. The van der Waals surface area contributed by atoms with E-state index in [0.29, 0.717) is 18.1 Å². The van der Waals surface area contributed by atoms with Gasteiger partial charge in [0.2, 0.25) is 0 Å². The van der Waals surface area contributed by atoms with Crippen LogP contribution in [0.15, 0.2) is 23.2 Å². The van der Waals surface area contributed by atoms with Gasteiger partial charge in [0.05, 0.1) is 5.56 Å². The van der Waals surface area contributed by atoms with Crippen molar-refractivity contribution in [3.05, 3.63) is 35.1 Å². The predicted molar refractivity (Wildman–Crippen MR) is 112 cm³/mol. The molecule has 0 radical (unpaired) electrons. The van der Waals surface area contributed by atoms with E-state index in [2.05, 4.69) is 20.5 Å². The van der Waals surface area contributed by atoms with Crippen molar-refractivity contribution in [1.29, 1.82) is 0 Å². The molecule has 4 nitrogen and oxygen atoms in total. The van der Waals surface area contributed by atoms with E-state index >= 15 is 0 Å². The van der Waals surface area contributed by atoms with E-state index in [1.807, 2.05) is 0 Å². The lowest BCUT2D eigenvalue weighted by Gasteiger charge is -2.24. The molecule has 0 aromatic heterocycles. The topological polar surface area (TPSA) is 39.7 Å². The van der Waals surface area contributed by atoms with Crippen molar-refractivity contribution >= 4 is 29.9 Å². The van der Waals surface area contributed by atoms with Gasteiger partial charge in [-0.2, -0.15) is 13.2 Å². The summed E-state index contributed by atoms with van der Waals surface area (Å²) in [4.78, 5) is 6.62. The minimum Gasteiger partial charge on any atom is -0.352 e. The predicted octanol–water partition coefficient (Wildman–Crippen LogP) is 4.14. The molecule has 1 aliphatic carbocycles. The zero-order valence-corrected chi connectivity index (χ0v) is 18.2. The summed E-state index contributed by atoms with van der Waals surface area (Å²) in [5.74, 6) is -0.433. The Morgan fingerprint density at radius 3 is 2.57 bits per heavy atom. The summed E-state index contributed by atoms with van der Waals surface area (Å²) in [5, 5.41) is 6.23. The normalized spacial score (nSPS) is 21.6. The lowest BCUT2D eigenvalue weighted by Crippen LogP contribution is -2.45. The molecule has 1 saturated heterocycles. The van der Waals surface area contributed by atoms with Crippen molar-refractivity contribution in [2.75, 3.05) is 20.1 Å². The third-order valence-corrected chi connectivity index (χ3v) is 5.45. The monoisotopic (exact) mass is 514 g/mol. The lowest BCUT2D eigenvalue weighted by molar-refractivity contribution is -0.138. The molecule has 28 heavy (non-hydrogen) atoms. The zero-order chi connectivity index (χ0) is 19.4. The summed E-state index contributed by atoms with van der Waals surface area (Å²) in [6.45, 7) is 1.89.